The van der Waals surface area contributed by atoms with Crippen LogP contribution in [0, 0.1) is 0 Å². The fourth-order valence-corrected chi connectivity index (χ4v) is 5.41. The molecular formula is C23H30N4O2S. The van der Waals surface area contributed by atoms with Crippen molar-refractivity contribution in [3.63, 3.8) is 0 Å². The number of hydrogen-bond donors (Lipinski definition) is 2. The van der Waals surface area contributed by atoms with Crippen LogP contribution in [0.2, 0.25) is 0 Å². The van der Waals surface area contributed by atoms with Crippen LogP contribution >= 0.6 is 11.3 Å². The lowest BCUT2D eigenvalue weighted by atomic mass is 10.0. The molecule has 160 valence electrons. The Balaban J connectivity index is 1.28. The van der Waals surface area contributed by atoms with Gasteiger partial charge in [-0.2, -0.15) is 0 Å². The number of rotatable bonds is 7. The first kappa shape index (κ1) is 21.0. The maximum atomic E-state index is 12.5. The Bertz CT molecular complexity index is 827. The molecule has 0 radical (unpaired) electrons. The summed E-state index contributed by atoms with van der Waals surface area (Å²) >= 11 is 1.58. The molecule has 4 rings (SSSR count). The number of likely N-dealkylation sites (tertiary alicyclic amines) is 2. The number of hydrogen-bond acceptors (Lipinski definition) is 5. The number of thiophene rings is 1. The van der Waals surface area contributed by atoms with Crippen LogP contribution < -0.4 is 10.6 Å². The highest BCUT2D eigenvalue weighted by molar-refractivity contribution is 7.09. The number of benzene rings is 1. The van der Waals surface area contributed by atoms with Gasteiger partial charge in [-0.05, 0) is 55.8 Å². The van der Waals surface area contributed by atoms with Crippen molar-refractivity contribution in [2.75, 3.05) is 19.6 Å². The van der Waals surface area contributed by atoms with Gasteiger partial charge in [0.15, 0.2) is 0 Å². The lowest BCUT2D eigenvalue weighted by Crippen LogP contribution is -2.50. The number of urea groups is 1. The van der Waals surface area contributed by atoms with Gasteiger partial charge >= 0.3 is 6.03 Å². The molecule has 2 aliphatic heterocycles. The van der Waals surface area contributed by atoms with Crippen LogP contribution in [0.5, 0.6) is 0 Å². The lowest BCUT2D eigenvalue weighted by Gasteiger charge is -2.34. The summed E-state index contributed by atoms with van der Waals surface area (Å²) in [5, 5.41) is 7.22. The monoisotopic (exact) mass is 426 g/mol. The van der Waals surface area contributed by atoms with E-state index in [9.17, 15) is 9.59 Å². The lowest BCUT2D eigenvalue weighted by molar-refractivity contribution is -0.121. The molecule has 0 bridgehead atoms. The van der Waals surface area contributed by atoms with Gasteiger partial charge in [0.1, 0.15) is 0 Å². The maximum absolute atomic E-state index is 12.5. The van der Waals surface area contributed by atoms with E-state index in [0.717, 1.165) is 37.4 Å². The Kier molecular flexibility index (Phi) is 7.15. The Morgan fingerprint density at radius 1 is 0.967 bits per heavy atom. The fourth-order valence-electron chi connectivity index (χ4n) is 4.76. The number of nitrogens with zero attached hydrogens (tertiary/aromatic N) is 2. The zero-order valence-electron chi connectivity index (χ0n) is 17.3. The summed E-state index contributed by atoms with van der Waals surface area (Å²) in [6.07, 6.45) is 4.61. The van der Waals surface area contributed by atoms with Crippen molar-refractivity contribution in [2.24, 2.45) is 0 Å². The van der Waals surface area contributed by atoms with Gasteiger partial charge in [0, 0.05) is 23.5 Å². The molecule has 2 atom stereocenters. The van der Waals surface area contributed by atoms with Crippen molar-refractivity contribution in [1.82, 2.24) is 20.4 Å². The highest BCUT2D eigenvalue weighted by Gasteiger charge is 2.38. The van der Waals surface area contributed by atoms with E-state index in [-0.39, 0.29) is 12.5 Å². The van der Waals surface area contributed by atoms with Gasteiger partial charge in [-0.15, -0.1) is 11.3 Å². The number of carbonyl (C=O) groups is 2. The van der Waals surface area contributed by atoms with Crippen molar-refractivity contribution < 1.29 is 9.59 Å². The van der Waals surface area contributed by atoms with Gasteiger partial charge in [-0.3, -0.25) is 19.9 Å². The van der Waals surface area contributed by atoms with Crippen molar-refractivity contribution in [3.8, 4) is 0 Å². The van der Waals surface area contributed by atoms with Crippen LogP contribution in [-0.4, -0.2) is 53.5 Å². The molecular weight excluding hydrogens is 396 g/mol. The van der Waals surface area contributed by atoms with Crippen LogP contribution in [0.3, 0.4) is 0 Å². The minimum Gasteiger partial charge on any atom is -0.333 e. The van der Waals surface area contributed by atoms with E-state index in [1.165, 1.54) is 18.4 Å². The normalized spacial score (nSPS) is 22.3. The predicted molar refractivity (Wildman–Crippen MR) is 119 cm³/mol. The molecule has 6 nitrogen and oxygen atoms in total. The Hall–Kier alpha value is -2.22. The number of imide groups is 1. The van der Waals surface area contributed by atoms with Crippen LogP contribution in [-0.2, 0) is 17.9 Å². The van der Waals surface area contributed by atoms with Gasteiger partial charge < -0.3 is 5.32 Å². The molecule has 30 heavy (non-hydrogen) atoms. The number of amides is 3. The van der Waals surface area contributed by atoms with E-state index in [4.69, 9.17) is 0 Å². The topological polar surface area (TPSA) is 64.7 Å². The molecule has 2 aliphatic rings. The summed E-state index contributed by atoms with van der Waals surface area (Å²) in [7, 11) is 0. The van der Waals surface area contributed by atoms with Gasteiger partial charge in [-0.25, -0.2) is 4.79 Å². The molecule has 2 unspecified atom stereocenters. The van der Waals surface area contributed by atoms with E-state index in [1.54, 1.807) is 11.3 Å². The van der Waals surface area contributed by atoms with Gasteiger partial charge in [0.25, 0.3) is 0 Å². The third-order valence-corrected chi connectivity index (χ3v) is 6.98. The second kappa shape index (κ2) is 10.2. The summed E-state index contributed by atoms with van der Waals surface area (Å²) in [4.78, 5) is 30.4. The first-order chi connectivity index (χ1) is 14.7. The average Bonchev–Trinajstić information content (AvgIpc) is 3.49. The average molecular weight is 427 g/mol. The highest BCUT2D eigenvalue weighted by atomic mass is 32.1. The third kappa shape index (κ3) is 5.47. The largest absolute Gasteiger partial charge is 0.333 e. The summed E-state index contributed by atoms with van der Waals surface area (Å²) in [5.74, 6) is -0.224. The van der Waals surface area contributed by atoms with E-state index < -0.39 is 6.03 Å². The Morgan fingerprint density at radius 3 is 2.43 bits per heavy atom. The molecule has 7 heteroatoms. The fraction of sp³-hybridized carbons (Fsp3) is 0.478. The number of nitrogens with one attached hydrogen (secondary N) is 2. The molecule has 0 spiro atoms. The van der Waals surface area contributed by atoms with Crippen molar-refractivity contribution in [1.29, 1.82) is 0 Å². The summed E-state index contributed by atoms with van der Waals surface area (Å²) in [5.41, 5.74) is 1.34. The second-order valence-electron chi connectivity index (χ2n) is 8.16. The minimum atomic E-state index is -0.421. The minimum absolute atomic E-state index is 0.224. The van der Waals surface area contributed by atoms with Crippen molar-refractivity contribution in [3.05, 3.63) is 58.3 Å². The molecule has 0 saturated carbocycles. The third-order valence-electron chi connectivity index (χ3n) is 6.10. The summed E-state index contributed by atoms with van der Waals surface area (Å²) in [6, 6.07) is 15.0. The molecule has 2 N–H and O–H groups in total. The smallest absolute Gasteiger partial charge is 0.321 e. The highest BCUT2D eigenvalue weighted by Crippen LogP contribution is 2.30. The SMILES string of the molecule is O=C(CN1CCCC1C1CCCN1Cc1ccccc1)NC(=O)NCc1cccs1. The molecule has 1 aromatic carbocycles. The molecule has 0 aliphatic carbocycles. The zero-order valence-corrected chi connectivity index (χ0v) is 18.1. The van der Waals surface area contributed by atoms with Gasteiger partial charge in [-0.1, -0.05) is 36.4 Å². The molecule has 2 aromatic rings. The second-order valence-corrected chi connectivity index (χ2v) is 9.19. The first-order valence-electron chi connectivity index (χ1n) is 10.8. The van der Waals surface area contributed by atoms with E-state index in [0.29, 0.717) is 18.6 Å². The predicted octanol–water partition coefficient (Wildman–Crippen LogP) is 3.20. The van der Waals surface area contributed by atoms with Crippen LogP contribution in [0.4, 0.5) is 4.79 Å². The van der Waals surface area contributed by atoms with Gasteiger partial charge in [0.05, 0.1) is 13.1 Å². The summed E-state index contributed by atoms with van der Waals surface area (Å²) < 4.78 is 0. The van der Waals surface area contributed by atoms with Crippen LogP contribution in [0.25, 0.3) is 0 Å². The molecule has 2 saturated heterocycles. The van der Waals surface area contributed by atoms with Crippen molar-refractivity contribution >= 4 is 23.3 Å². The standard InChI is InChI=1S/C23H30N4O2S/c28-22(25-23(29)24-15-19-9-6-14-30-19)17-27-13-5-11-21(27)20-10-4-12-26(20)16-18-7-2-1-3-8-18/h1-3,6-9,14,20-21H,4-5,10-13,15-17H2,(H2,24,25,28,29). The molecule has 3 amide bonds. The maximum Gasteiger partial charge on any atom is 0.321 e. The van der Waals surface area contributed by atoms with Crippen LogP contribution in [0.15, 0.2) is 47.8 Å². The Labute approximate surface area is 182 Å². The van der Waals surface area contributed by atoms with Gasteiger partial charge in [0.2, 0.25) is 5.91 Å². The Morgan fingerprint density at radius 2 is 1.70 bits per heavy atom. The molecule has 3 heterocycles. The zero-order chi connectivity index (χ0) is 20.8. The van der Waals surface area contributed by atoms with Crippen molar-refractivity contribution in [2.45, 2.75) is 50.9 Å². The first-order valence-corrected chi connectivity index (χ1v) is 11.7. The van der Waals surface area contributed by atoms with E-state index >= 15 is 0 Å². The quantitative estimate of drug-likeness (QED) is 0.714. The van der Waals surface area contributed by atoms with E-state index in [2.05, 4.69) is 50.8 Å². The molecule has 2 fully saturated rings. The van der Waals surface area contributed by atoms with Crippen LogP contribution in [0.1, 0.15) is 36.1 Å². The summed E-state index contributed by atoms with van der Waals surface area (Å²) in [6.45, 7) is 3.73. The number of carbonyl (C=O) groups excluding carboxylic acids is 2. The molecule has 1 aromatic heterocycles. The van der Waals surface area contributed by atoms with E-state index in [1.807, 2.05) is 17.5 Å².